The lowest BCUT2D eigenvalue weighted by atomic mass is 10.0. The zero-order valence-electron chi connectivity index (χ0n) is 19.3. The fourth-order valence-corrected chi connectivity index (χ4v) is 4.24. The minimum absolute atomic E-state index is 0.0778. The van der Waals surface area contributed by atoms with E-state index in [4.69, 9.17) is 0 Å². The first-order chi connectivity index (χ1) is 17.0. The maximum absolute atomic E-state index is 13.2. The van der Waals surface area contributed by atoms with Crippen LogP contribution in [0, 0.1) is 6.92 Å². The monoisotopic (exact) mass is 500 g/mol. The number of carbonyl (C=O) groups is 3. The molecule has 2 heterocycles. The van der Waals surface area contributed by atoms with Gasteiger partial charge in [0.15, 0.2) is 0 Å². The molecule has 1 unspecified atom stereocenters. The average Bonchev–Trinajstić information content (AvgIpc) is 2.83. The third-order valence-corrected chi connectivity index (χ3v) is 6.04. The van der Waals surface area contributed by atoms with Crippen molar-refractivity contribution < 1.29 is 27.6 Å². The molecular formula is C25H23F3N4O4. The summed E-state index contributed by atoms with van der Waals surface area (Å²) in [5.74, 6) is -1.15. The number of imide groups is 1. The fourth-order valence-electron chi connectivity index (χ4n) is 4.24. The zero-order valence-corrected chi connectivity index (χ0v) is 19.3. The van der Waals surface area contributed by atoms with Crippen molar-refractivity contribution in [3.63, 3.8) is 0 Å². The van der Waals surface area contributed by atoms with Gasteiger partial charge < -0.3 is 5.32 Å². The summed E-state index contributed by atoms with van der Waals surface area (Å²) in [7, 11) is 0. The van der Waals surface area contributed by atoms with Gasteiger partial charge in [0.1, 0.15) is 11.9 Å². The molecule has 2 aromatic carbocycles. The quantitative estimate of drug-likeness (QED) is 0.399. The van der Waals surface area contributed by atoms with Crippen LogP contribution < -0.4 is 16.2 Å². The topological polar surface area (TPSA) is 110 Å². The van der Waals surface area contributed by atoms with Gasteiger partial charge in [-0.25, -0.2) is 4.98 Å². The van der Waals surface area contributed by atoms with Crippen molar-refractivity contribution in [2.45, 2.75) is 44.8 Å². The molecule has 3 amide bonds. The first-order valence-electron chi connectivity index (χ1n) is 11.4. The lowest BCUT2D eigenvalue weighted by Gasteiger charge is -2.24. The molecule has 1 aromatic heterocycles. The predicted octanol–water partition coefficient (Wildman–Crippen LogP) is 3.06. The Morgan fingerprint density at radius 1 is 1.17 bits per heavy atom. The molecule has 8 nitrogen and oxygen atoms in total. The molecule has 1 fully saturated rings. The van der Waals surface area contributed by atoms with E-state index in [1.807, 2.05) is 0 Å². The summed E-state index contributed by atoms with van der Waals surface area (Å²) in [5, 5.41) is 5.19. The predicted molar refractivity (Wildman–Crippen MR) is 124 cm³/mol. The third-order valence-electron chi connectivity index (χ3n) is 6.04. The minimum atomic E-state index is -4.53. The van der Waals surface area contributed by atoms with E-state index in [0.717, 1.165) is 17.7 Å². The Bertz CT molecular complexity index is 1410. The van der Waals surface area contributed by atoms with E-state index in [-0.39, 0.29) is 36.4 Å². The highest BCUT2D eigenvalue weighted by Crippen LogP contribution is 2.29. The van der Waals surface area contributed by atoms with Crippen LogP contribution in [0.15, 0.2) is 47.3 Å². The fraction of sp³-hybridized carbons (Fsp3) is 0.320. The molecule has 1 saturated heterocycles. The smallest absolute Gasteiger partial charge is 0.352 e. The van der Waals surface area contributed by atoms with E-state index in [9.17, 15) is 32.3 Å². The molecule has 4 rings (SSSR count). The van der Waals surface area contributed by atoms with Crippen molar-refractivity contribution in [3.8, 4) is 0 Å². The number of hydrogen-bond donors (Lipinski definition) is 2. The maximum Gasteiger partial charge on any atom is 0.416 e. The highest BCUT2D eigenvalue weighted by atomic mass is 19.4. The molecule has 1 aliphatic heterocycles. The number of carbonyl (C=O) groups excluding carboxylic acids is 3. The molecule has 0 spiro atoms. The standard InChI is InChI=1S/C25H23F3N4O4/c1-14-30-19-8-7-15(12-18(19)24(36)32(14)20-9-10-21(33)31-23(20)35)4-3-11-29-22(34)16-5-2-6-17(13-16)25(26,27)28/h2,5-8,12-13,20H,3-4,9-11H2,1H3,(H,29,34)(H,31,33,35). The molecular weight excluding hydrogens is 477 g/mol. The lowest BCUT2D eigenvalue weighted by molar-refractivity contribution is -0.138. The van der Waals surface area contributed by atoms with Crippen molar-refractivity contribution in [3.05, 3.63) is 75.3 Å². The first kappa shape index (κ1) is 25.1. The van der Waals surface area contributed by atoms with Crippen molar-refractivity contribution in [1.82, 2.24) is 20.2 Å². The SMILES string of the molecule is Cc1nc2ccc(CCCNC(=O)c3cccc(C(F)(F)F)c3)cc2c(=O)n1C1CCC(=O)NC1=O. The number of fused-ring (bicyclic) bond motifs is 1. The van der Waals surface area contributed by atoms with Gasteiger partial charge in [0.2, 0.25) is 11.8 Å². The minimum Gasteiger partial charge on any atom is -0.352 e. The summed E-state index contributed by atoms with van der Waals surface area (Å²) in [6.07, 6.45) is -3.21. The number of alkyl halides is 3. The molecule has 1 atom stereocenters. The number of piperidine rings is 1. The zero-order chi connectivity index (χ0) is 26.0. The molecule has 0 saturated carbocycles. The summed E-state index contributed by atoms with van der Waals surface area (Å²) in [6, 6.07) is 8.58. The van der Waals surface area contributed by atoms with Crippen molar-refractivity contribution in [2.75, 3.05) is 6.54 Å². The molecule has 2 N–H and O–H groups in total. The Balaban J connectivity index is 1.44. The number of amides is 3. The van der Waals surface area contributed by atoms with E-state index in [2.05, 4.69) is 15.6 Å². The molecule has 188 valence electrons. The normalized spacial score (nSPS) is 16.2. The van der Waals surface area contributed by atoms with Gasteiger partial charge in [-0.05, 0) is 62.1 Å². The summed E-state index contributed by atoms with van der Waals surface area (Å²) >= 11 is 0. The second-order valence-corrected chi connectivity index (χ2v) is 8.59. The average molecular weight is 500 g/mol. The summed E-state index contributed by atoms with van der Waals surface area (Å²) < 4.78 is 39.9. The molecule has 0 radical (unpaired) electrons. The van der Waals surface area contributed by atoms with E-state index >= 15 is 0 Å². The van der Waals surface area contributed by atoms with Crippen LogP contribution in [0.2, 0.25) is 0 Å². The van der Waals surface area contributed by atoms with E-state index in [1.165, 1.54) is 16.7 Å². The van der Waals surface area contributed by atoms with Gasteiger partial charge >= 0.3 is 6.18 Å². The summed E-state index contributed by atoms with van der Waals surface area (Å²) in [4.78, 5) is 53.7. The molecule has 1 aliphatic rings. The molecule has 11 heteroatoms. The molecule has 36 heavy (non-hydrogen) atoms. The van der Waals surface area contributed by atoms with Crippen LogP contribution in [0.25, 0.3) is 10.9 Å². The van der Waals surface area contributed by atoms with Crippen LogP contribution in [0.5, 0.6) is 0 Å². The van der Waals surface area contributed by atoms with Gasteiger partial charge in [-0.1, -0.05) is 12.1 Å². The van der Waals surface area contributed by atoms with E-state index < -0.39 is 29.6 Å². The number of halogens is 3. The number of nitrogens with zero attached hydrogens (tertiary/aromatic N) is 2. The second kappa shape index (κ2) is 9.92. The van der Waals surface area contributed by atoms with Crippen LogP contribution in [0.4, 0.5) is 13.2 Å². The Labute approximate surface area is 203 Å². The van der Waals surface area contributed by atoms with E-state index in [1.54, 1.807) is 25.1 Å². The molecule has 3 aromatic rings. The summed E-state index contributed by atoms with van der Waals surface area (Å²) in [6.45, 7) is 1.85. The summed E-state index contributed by atoms with van der Waals surface area (Å²) in [5.41, 5.74) is -0.0770. The lowest BCUT2D eigenvalue weighted by Crippen LogP contribution is -2.45. The van der Waals surface area contributed by atoms with Gasteiger partial charge in [0, 0.05) is 18.5 Å². The van der Waals surface area contributed by atoms with Crippen LogP contribution in [0.3, 0.4) is 0 Å². The number of aryl methyl sites for hydroxylation is 2. The van der Waals surface area contributed by atoms with Crippen molar-refractivity contribution in [1.29, 1.82) is 0 Å². The van der Waals surface area contributed by atoms with Gasteiger partial charge in [-0.15, -0.1) is 0 Å². The molecule has 0 aliphatic carbocycles. The Hall–Kier alpha value is -4.02. The van der Waals surface area contributed by atoms with Gasteiger partial charge in [0.25, 0.3) is 11.5 Å². The largest absolute Gasteiger partial charge is 0.416 e. The Morgan fingerprint density at radius 3 is 2.67 bits per heavy atom. The number of benzene rings is 2. The van der Waals surface area contributed by atoms with Crippen LogP contribution in [0.1, 0.15) is 52.6 Å². The van der Waals surface area contributed by atoms with E-state index in [0.29, 0.717) is 29.6 Å². The van der Waals surface area contributed by atoms with Gasteiger partial charge in [-0.3, -0.25) is 29.1 Å². The van der Waals surface area contributed by atoms with Crippen LogP contribution >= 0.6 is 0 Å². The molecule has 0 bridgehead atoms. The highest BCUT2D eigenvalue weighted by Gasteiger charge is 2.31. The first-order valence-corrected chi connectivity index (χ1v) is 11.4. The van der Waals surface area contributed by atoms with Crippen LogP contribution in [-0.2, 0) is 22.2 Å². The Kier molecular flexibility index (Phi) is 6.91. The van der Waals surface area contributed by atoms with Crippen molar-refractivity contribution >= 4 is 28.6 Å². The maximum atomic E-state index is 13.2. The van der Waals surface area contributed by atoms with Crippen molar-refractivity contribution in [2.24, 2.45) is 0 Å². The Morgan fingerprint density at radius 2 is 1.94 bits per heavy atom. The van der Waals surface area contributed by atoms with Gasteiger partial charge in [-0.2, -0.15) is 13.2 Å². The highest BCUT2D eigenvalue weighted by molar-refractivity contribution is 5.99. The number of nitrogens with one attached hydrogen (secondary N) is 2. The van der Waals surface area contributed by atoms with Crippen LogP contribution in [-0.4, -0.2) is 33.8 Å². The second-order valence-electron chi connectivity index (χ2n) is 8.59. The number of rotatable bonds is 6. The number of hydrogen-bond acceptors (Lipinski definition) is 5. The van der Waals surface area contributed by atoms with Gasteiger partial charge in [0.05, 0.1) is 16.5 Å². The third kappa shape index (κ3) is 5.29. The number of aromatic nitrogens is 2.